The van der Waals surface area contributed by atoms with Gasteiger partial charge in [-0.3, -0.25) is 4.79 Å². The third-order valence-electron chi connectivity index (χ3n) is 4.17. The fourth-order valence-corrected chi connectivity index (χ4v) is 4.08. The van der Waals surface area contributed by atoms with E-state index in [2.05, 4.69) is 5.32 Å². The van der Waals surface area contributed by atoms with Crippen molar-refractivity contribution in [2.24, 2.45) is 0 Å². The van der Waals surface area contributed by atoms with E-state index in [0.29, 0.717) is 43.3 Å². The summed E-state index contributed by atoms with van der Waals surface area (Å²) in [6.07, 6.45) is 1.44. The molecule has 134 valence electrons. The number of rotatable bonds is 4. The Morgan fingerprint density at radius 3 is 2.52 bits per heavy atom. The number of furan rings is 1. The number of anilines is 1. The minimum Gasteiger partial charge on any atom is -0.469 e. The van der Waals surface area contributed by atoms with Crippen molar-refractivity contribution in [2.75, 3.05) is 31.6 Å². The molecule has 0 unspecified atom stereocenters. The van der Waals surface area contributed by atoms with E-state index in [-0.39, 0.29) is 10.8 Å². The number of nitrogens with zero attached hydrogens (tertiary/aromatic N) is 1. The number of hydrogen-bond donors (Lipinski definition) is 1. The first-order valence-electron chi connectivity index (χ1n) is 7.93. The van der Waals surface area contributed by atoms with Gasteiger partial charge in [0, 0.05) is 18.8 Å². The second kappa shape index (κ2) is 6.99. The lowest BCUT2D eigenvalue weighted by atomic mass is 10.2. The molecule has 1 aliphatic rings. The van der Waals surface area contributed by atoms with Gasteiger partial charge in [0.05, 0.1) is 29.9 Å². The van der Waals surface area contributed by atoms with E-state index in [1.165, 1.54) is 16.6 Å². The molecule has 1 saturated heterocycles. The topological polar surface area (TPSA) is 88.9 Å². The fraction of sp³-hybridized carbons (Fsp3) is 0.353. The van der Waals surface area contributed by atoms with Crippen molar-refractivity contribution in [3.8, 4) is 0 Å². The minimum atomic E-state index is -3.62. The first-order valence-corrected chi connectivity index (χ1v) is 9.37. The second-order valence-corrected chi connectivity index (χ2v) is 7.78. The third kappa shape index (κ3) is 3.60. The lowest BCUT2D eigenvalue weighted by Crippen LogP contribution is -2.40. The minimum absolute atomic E-state index is 0.152. The van der Waals surface area contributed by atoms with Gasteiger partial charge in [0.2, 0.25) is 10.0 Å². The number of morpholine rings is 1. The SMILES string of the molecule is Cc1ccc(S(=O)(=O)N2CCOCC2)cc1NC(=O)c1ccoc1C. The molecular weight excluding hydrogens is 344 g/mol. The molecule has 0 radical (unpaired) electrons. The lowest BCUT2D eigenvalue weighted by Gasteiger charge is -2.26. The molecule has 0 saturated carbocycles. The highest BCUT2D eigenvalue weighted by Gasteiger charge is 2.27. The molecular formula is C17H20N2O5S. The van der Waals surface area contributed by atoms with Crippen molar-refractivity contribution in [3.63, 3.8) is 0 Å². The number of hydrogen-bond acceptors (Lipinski definition) is 5. The zero-order chi connectivity index (χ0) is 18.0. The molecule has 1 N–H and O–H groups in total. The van der Waals surface area contributed by atoms with Gasteiger partial charge in [0.25, 0.3) is 5.91 Å². The monoisotopic (exact) mass is 364 g/mol. The zero-order valence-electron chi connectivity index (χ0n) is 14.1. The Morgan fingerprint density at radius 1 is 1.16 bits per heavy atom. The van der Waals surface area contributed by atoms with Crippen LogP contribution in [-0.2, 0) is 14.8 Å². The summed E-state index contributed by atoms with van der Waals surface area (Å²) >= 11 is 0. The number of ether oxygens (including phenoxy) is 1. The summed E-state index contributed by atoms with van der Waals surface area (Å²) in [6.45, 7) is 4.92. The smallest absolute Gasteiger partial charge is 0.259 e. The van der Waals surface area contributed by atoms with E-state index in [1.54, 1.807) is 25.1 Å². The average Bonchev–Trinajstić information content (AvgIpc) is 3.03. The summed E-state index contributed by atoms with van der Waals surface area (Å²) < 4.78 is 37.3. The van der Waals surface area contributed by atoms with Crippen LogP contribution in [-0.4, -0.2) is 44.9 Å². The standard InChI is InChI=1S/C17H20N2O5S/c1-12-3-4-14(25(21,22)19-6-9-23-10-7-19)11-16(12)18-17(20)15-5-8-24-13(15)2/h3-5,8,11H,6-7,9-10H2,1-2H3,(H,18,20). The van der Waals surface area contributed by atoms with Crippen molar-refractivity contribution in [1.82, 2.24) is 4.31 Å². The van der Waals surface area contributed by atoms with Gasteiger partial charge in [-0.05, 0) is 37.6 Å². The molecule has 8 heteroatoms. The largest absolute Gasteiger partial charge is 0.469 e. The van der Waals surface area contributed by atoms with Crippen LogP contribution >= 0.6 is 0 Å². The number of aryl methyl sites for hydroxylation is 2. The summed E-state index contributed by atoms with van der Waals surface area (Å²) in [5.74, 6) is 0.169. The van der Waals surface area contributed by atoms with E-state index < -0.39 is 10.0 Å². The second-order valence-electron chi connectivity index (χ2n) is 5.84. The number of benzene rings is 1. The highest BCUT2D eigenvalue weighted by Crippen LogP contribution is 2.24. The van der Waals surface area contributed by atoms with Gasteiger partial charge >= 0.3 is 0 Å². The molecule has 2 aromatic rings. The molecule has 2 heterocycles. The Morgan fingerprint density at radius 2 is 1.88 bits per heavy atom. The van der Waals surface area contributed by atoms with Gasteiger partial charge in [-0.25, -0.2) is 8.42 Å². The van der Waals surface area contributed by atoms with Gasteiger partial charge in [-0.1, -0.05) is 6.07 Å². The average molecular weight is 364 g/mol. The van der Waals surface area contributed by atoms with Crippen LogP contribution < -0.4 is 5.32 Å². The van der Waals surface area contributed by atoms with E-state index in [9.17, 15) is 13.2 Å². The number of amides is 1. The molecule has 0 atom stereocenters. The molecule has 25 heavy (non-hydrogen) atoms. The van der Waals surface area contributed by atoms with Gasteiger partial charge < -0.3 is 14.5 Å². The normalized spacial score (nSPS) is 15.9. The van der Waals surface area contributed by atoms with Crippen LogP contribution in [0.25, 0.3) is 0 Å². The summed E-state index contributed by atoms with van der Waals surface area (Å²) in [7, 11) is -3.62. The van der Waals surface area contributed by atoms with Crippen LogP contribution in [0.1, 0.15) is 21.7 Å². The molecule has 1 amide bonds. The van der Waals surface area contributed by atoms with E-state index >= 15 is 0 Å². The number of nitrogens with one attached hydrogen (secondary N) is 1. The van der Waals surface area contributed by atoms with Crippen molar-refractivity contribution in [3.05, 3.63) is 47.4 Å². The first-order chi connectivity index (χ1) is 11.9. The summed E-state index contributed by atoms with van der Waals surface area (Å²) in [5.41, 5.74) is 1.65. The Labute approximate surface area is 146 Å². The molecule has 1 aromatic heterocycles. The quantitative estimate of drug-likeness (QED) is 0.898. The van der Waals surface area contributed by atoms with Gasteiger partial charge in [0.1, 0.15) is 5.76 Å². The molecule has 1 aromatic carbocycles. The molecule has 0 aliphatic carbocycles. The van der Waals surface area contributed by atoms with Crippen LogP contribution in [0.5, 0.6) is 0 Å². The Bertz CT molecular complexity index is 882. The van der Waals surface area contributed by atoms with Crippen molar-refractivity contribution >= 4 is 21.6 Å². The molecule has 0 bridgehead atoms. The number of sulfonamides is 1. The summed E-state index contributed by atoms with van der Waals surface area (Å²) in [6, 6.07) is 6.31. The third-order valence-corrected chi connectivity index (χ3v) is 6.06. The van der Waals surface area contributed by atoms with Crippen LogP contribution in [0.15, 0.2) is 39.8 Å². The van der Waals surface area contributed by atoms with E-state index in [1.807, 2.05) is 6.92 Å². The van der Waals surface area contributed by atoms with Crippen molar-refractivity contribution in [1.29, 1.82) is 0 Å². The van der Waals surface area contributed by atoms with Crippen LogP contribution in [0.2, 0.25) is 0 Å². The fourth-order valence-electron chi connectivity index (χ4n) is 2.64. The predicted molar refractivity (Wildman–Crippen MR) is 92.2 cm³/mol. The van der Waals surface area contributed by atoms with Crippen LogP contribution in [0, 0.1) is 13.8 Å². The van der Waals surface area contributed by atoms with E-state index in [4.69, 9.17) is 9.15 Å². The summed E-state index contributed by atoms with van der Waals surface area (Å²) in [4.78, 5) is 12.5. The highest BCUT2D eigenvalue weighted by atomic mass is 32.2. The molecule has 1 aliphatic heterocycles. The van der Waals surface area contributed by atoms with Gasteiger partial charge in [-0.2, -0.15) is 4.31 Å². The maximum absolute atomic E-state index is 12.8. The Kier molecular flexibility index (Phi) is 4.94. The lowest BCUT2D eigenvalue weighted by molar-refractivity contribution is 0.0730. The number of carbonyl (C=O) groups excluding carboxylic acids is 1. The Hall–Kier alpha value is -2.16. The van der Waals surface area contributed by atoms with Crippen molar-refractivity contribution < 1.29 is 22.4 Å². The molecule has 0 spiro atoms. The van der Waals surface area contributed by atoms with Crippen LogP contribution in [0.4, 0.5) is 5.69 Å². The van der Waals surface area contributed by atoms with E-state index in [0.717, 1.165) is 5.56 Å². The predicted octanol–water partition coefficient (Wildman–Crippen LogP) is 2.17. The molecule has 7 nitrogen and oxygen atoms in total. The molecule has 1 fully saturated rings. The first kappa shape index (κ1) is 17.7. The van der Waals surface area contributed by atoms with Crippen molar-refractivity contribution in [2.45, 2.75) is 18.7 Å². The van der Waals surface area contributed by atoms with Crippen LogP contribution in [0.3, 0.4) is 0 Å². The highest BCUT2D eigenvalue weighted by molar-refractivity contribution is 7.89. The Balaban J connectivity index is 1.88. The molecule has 3 rings (SSSR count). The number of carbonyl (C=O) groups is 1. The summed E-state index contributed by atoms with van der Waals surface area (Å²) in [5, 5.41) is 2.76. The van der Waals surface area contributed by atoms with Gasteiger partial charge in [-0.15, -0.1) is 0 Å². The maximum Gasteiger partial charge on any atom is 0.259 e. The zero-order valence-corrected chi connectivity index (χ0v) is 14.9. The van der Waals surface area contributed by atoms with Gasteiger partial charge in [0.15, 0.2) is 0 Å². The maximum atomic E-state index is 12.8.